The van der Waals surface area contributed by atoms with Crippen molar-refractivity contribution in [1.29, 1.82) is 0 Å². The van der Waals surface area contributed by atoms with E-state index in [2.05, 4.69) is 233 Å². The molecule has 9 nitrogen and oxygen atoms in total. The van der Waals surface area contributed by atoms with Crippen LogP contribution >= 0.6 is 7.82 Å². The third kappa shape index (κ3) is 79.3. The van der Waals surface area contributed by atoms with E-state index in [1.807, 2.05) is 21.1 Å². The molecule has 0 aromatic heterocycles. The van der Waals surface area contributed by atoms with Crippen LogP contribution < -0.4 is 0 Å². The maximum absolute atomic E-state index is 12.9. The van der Waals surface area contributed by atoms with Gasteiger partial charge in [-0.1, -0.05) is 322 Å². The first kappa shape index (κ1) is 92.3. The number of likely N-dealkylation sites (N-methyl/N-ethyl adjacent to an activating group) is 1. The van der Waals surface area contributed by atoms with Crippen LogP contribution in [0.3, 0.4) is 0 Å². The zero-order valence-electron chi connectivity index (χ0n) is 62.7. The first-order valence-electron chi connectivity index (χ1n) is 38.5. The molecular weight excluding hydrogens is 1230 g/mol. The second-order valence-electron chi connectivity index (χ2n) is 25.9. The van der Waals surface area contributed by atoms with Crippen LogP contribution in [-0.4, -0.2) is 74.9 Å². The van der Waals surface area contributed by atoms with E-state index < -0.39 is 26.5 Å². The number of unbranched alkanes of at least 4 members (excludes halogenated alkanes) is 18. The molecular formula is C88H141NO8P+. The molecule has 0 amide bonds. The number of hydrogen-bond donors (Lipinski definition) is 1. The molecule has 2 atom stereocenters. The fourth-order valence-corrected chi connectivity index (χ4v) is 10.4. The van der Waals surface area contributed by atoms with E-state index in [0.29, 0.717) is 17.4 Å². The molecule has 0 spiro atoms. The van der Waals surface area contributed by atoms with Crippen molar-refractivity contribution in [3.05, 3.63) is 219 Å². The summed E-state index contributed by atoms with van der Waals surface area (Å²) in [6.45, 7) is 4.17. The molecule has 98 heavy (non-hydrogen) atoms. The monoisotopic (exact) mass is 1370 g/mol. The number of esters is 2. The molecule has 10 heteroatoms. The van der Waals surface area contributed by atoms with Gasteiger partial charge >= 0.3 is 19.8 Å². The average Bonchev–Trinajstić information content (AvgIpc) is 1.08. The number of carbonyl (C=O) groups excluding carboxylic acids is 2. The number of hydrogen-bond acceptors (Lipinski definition) is 7. The summed E-state index contributed by atoms with van der Waals surface area (Å²) in [5.41, 5.74) is 0. The summed E-state index contributed by atoms with van der Waals surface area (Å²) in [7, 11) is 1.44. The average molecular weight is 1370 g/mol. The van der Waals surface area contributed by atoms with Gasteiger partial charge < -0.3 is 18.9 Å². The fraction of sp³-hybridized carbons (Fsp3) is 0.568. The molecule has 0 aliphatic carbocycles. The Kier molecular flexibility index (Phi) is 71.2. The van der Waals surface area contributed by atoms with Gasteiger partial charge in [0, 0.05) is 12.8 Å². The lowest BCUT2D eigenvalue weighted by Crippen LogP contribution is -2.37. The molecule has 0 aromatic carbocycles. The first-order chi connectivity index (χ1) is 48.0. The van der Waals surface area contributed by atoms with Crippen molar-refractivity contribution in [2.24, 2.45) is 0 Å². The van der Waals surface area contributed by atoms with Crippen LogP contribution in [0.2, 0.25) is 0 Å². The number of phosphoric ester groups is 1. The Labute approximate surface area is 601 Å². The summed E-state index contributed by atoms with van der Waals surface area (Å²) in [5, 5.41) is 0. The van der Waals surface area contributed by atoms with Crippen molar-refractivity contribution >= 4 is 19.8 Å². The predicted octanol–water partition coefficient (Wildman–Crippen LogP) is 25.9. The Balaban J connectivity index is 4.13. The van der Waals surface area contributed by atoms with Gasteiger partial charge in [0.25, 0.3) is 0 Å². The third-order valence-electron chi connectivity index (χ3n) is 15.5. The summed E-state index contributed by atoms with van der Waals surface area (Å²) >= 11 is 0. The molecule has 0 fully saturated rings. The smallest absolute Gasteiger partial charge is 0.462 e. The second kappa shape index (κ2) is 75.5. The Morgan fingerprint density at radius 2 is 0.551 bits per heavy atom. The molecule has 0 radical (unpaired) electrons. The Bertz CT molecular complexity index is 2460. The maximum Gasteiger partial charge on any atom is 0.472 e. The predicted molar refractivity (Wildman–Crippen MR) is 426 cm³/mol. The lowest BCUT2D eigenvalue weighted by Gasteiger charge is -2.24. The second-order valence-corrected chi connectivity index (χ2v) is 27.4. The molecule has 0 rings (SSSR count). The van der Waals surface area contributed by atoms with Crippen LogP contribution in [0.15, 0.2) is 219 Å². The molecule has 0 heterocycles. The Morgan fingerprint density at radius 1 is 0.316 bits per heavy atom. The number of rotatable bonds is 68. The minimum atomic E-state index is -4.41. The number of allylic oxidation sites excluding steroid dienone is 36. The van der Waals surface area contributed by atoms with E-state index in [1.54, 1.807) is 0 Å². The van der Waals surface area contributed by atoms with E-state index in [0.717, 1.165) is 173 Å². The van der Waals surface area contributed by atoms with Crippen molar-refractivity contribution < 1.29 is 42.1 Å². The largest absolute Gasteiger partial charge is 0.472 e. The van der Waals surface area contributed by atoms with Crippen LogP contribution in [0.1, 0.15) is 271 Å². The normalized spacial score (nSPS) is 14.3. The zero-order valence-corrected chi connectivity index (χ0v) is 63.6. The third-order valence-corrected chi connectivity index (χ3v) is 16.5. The summed E-state index contributed by atoms with van der Waals surface area (Å²) in [4.78, 5) is 36.0. The highest BCUT2D eigenvalue weighted by Crippen LogP contribution is 2.43. The highest BCUT2D eigenvalue weighted by Gasteiger charge is 2.27. The Morgan fingerprint density at radius 3 is 0.816 bits per heavy atom. The molecule has 0 aromatic rings. The van der Waals surface area contributed by atoms with Gasteiger partial charge in [-0.2, -0.15) is 0 Å². The van der Waals surface area contributed by atoms with Gasteiger partial charge in [-0.05, 0) is 154 Å². The zero-order chi connectivity index (χ0) is 71.1. The van der Waals surface area contributed by atoms with E-state index in [4.69, 9.17) is 18.5 Å². The van der Waals surface area contributed by atoms with Crippen molar-refractivity contribution in [1.82, 2.24) is 0 Å². The van der Waals surface area contributed by atoms with Gasteiger partial charge in [-0.25, -0.2) is 4.57 Å². The molecule has 0 bridgehead atoms. The van der Waals surface area contributed by atoms with Crippen molar-refractivity contribution in [2.75, 3.05) is 47.5 Å². The number of quaternary nitrogens is 1. The highest BCUT2D eigenvalue weighted by atomic mass is 31.2. The van der Waals surface area contributed by atoms with Gasteiger partial charge in [-0.15, -0.1) is 0 Å². The summed E-state index contributed by atoms with van der Waals surface area (Å²) < 4.78 is 34.8. The van der Waals surface area contributed by atoms with Crippen LogP contribution in [0.25, 0.3) is 0 Å². The van der Waals surface area contributed by atoms with Gasteiger partial charge in [-0.3, -0.25) is 18.6 Å². The van der Waals surface area contributed by atoms with Crippen molar-refractivity contribution in [3.8, 4) is 0 Å². The molecule has 0 aliphatic heterocycles. The summed E-state index contributed by atoms with van der Waals surface area (Å²) in [5.74, 6) is -0.825. The van der Waals surface area contributed by atoms with Gasteiger partial charge in [0.15, 0.2) is 6.10 Å². The lowest BCUT2D eigenvalue weighted by atomic mass is 10.0. The van der Waals surface area contributed by atoms with E-state index in [9.17, 15) is 19.0 Å². The minimum Gasteiger partial charge on any atom is -0.462 e. The molecule has 0 saturated carbocycles. The van der Waals surface area contributed by atoms with Crippen LogP contribution in [0.5, 0.6) is 0 Å². The SMILES string of the molecule is CC/C=C\C/C=C\C/C=C\C/C=C\C/C=C\C/C=C\C/C=C\C/C=C\C/C=C\C/C=C\CCCCCCCCCCCCC(=O)OC(COC(=O)CCCCCCCCCC/C=C\C/C=C\C/C=C\C/C=C\C/C=C\C/C=C\C/C=C\C/C=C\CC)COP(=O)(O)OCC[N+](C)(C)C. The topological polar surface area (TPSA) is 108 Å². The van der Waals surface area contributed by atoms with Gasteiger partial charge in [0.2, 0.25) is 0 Å². The van der Waals surface area contributed by atoms with E-state index in [1.165, 1.54) is 64.2 Å². The number of nitrogens with zero attached hydrogens (tertiary/aromatic N) is 1. The standard InChI is InChI=1S/C88H140NO8P/c1-6-8-10-12-14-16-18-20-22-24-26-28-30-32-34-36-38-40-41-42-43-44-45-46-47-49-51-53-55-57-59-61-63-65-67-69-71-73-75-77-79-81-88(91)97-86(85-96-98(92,93)95-83-82-89(3,4)5)84-94-87(90)80-78-76-74-72-70-68-66-64-62-60-58-56-54-52-50-48-39-37-35-33-31-29-27-25-23-21-19-17-15-13-11-9-7-2/h8-11,14-17,20-23,26-29,32-35,38-40,42-43,45-46,48-49,51-52,54-55,57-58,60,86H,6-7,12-13,18-19,24-25,30-31,36-37,41,44,47,50,53,56,59,61-85H2,1-5H3/p+1/b10-8-,11-9-,16-14-,17-15-,22-20-,23-21-,28-26-,29-27-,34-32-,35-33-,40-38-,43-42-,46-45-,48-39-,51-49-,54-52-,57-55-,60-58-. The quantitative estimate of drug-likeness (QED) is 0.0211. The number of carbonyl (C=O) groups is 2. The van der Waals surface area contributed by atoms with Crippen molar-refractivity contribution in [2.45, 2.75) is 277 Å². The Hall–Kier alpha value is -5.67. The molecule has 550 valence electrons. The molecule has 0 aliphatic rings. The van der Waals surface area contributed by atoms with Crippen LogP contribution in [-0.2, 0) is 32.7 Å². The van der Waals surface area contributed by atoms with Gasteiger partial charge in [0.05, 0.1) is 27.7 Å². The number of phosphoric acid groups is 1. The van der Waals surface area contributed by atoms with Crippen LogP contribution in [0, 0.1) is 0 Å². The van der Waals surface area contributed by atoms with E-state index in [-0.39, 0.29) is 32.0 Å². The minimum absolute atomic E-state index is 0.0182. The van der Waals surface area contributed by atoms with Crippen molar-refractivity contribution in [3.63, 3.8) is 0 Å². The molecule has 1 N–H and O–H groups in total. The van der Waals surface area contributed by atoms with Gasteiger partial charge in [0.1, 0.15) is 19.8 Å². The number of ether oxygens (including phenoxy) is 2. The van der Waals surface area contributed by atoms with Crippen LogP contribution in [0.4, 0.5) is 0 Å². The summed E-state index contributed by atoms with van der Waals surface area (Å²) in [6.07, 6.45) is 120. The molecule has 2 unspecified atom stereocenters. The molecule has 0 saturated heterocycles. The van der Waals surface area contributed by atoms with E-state index >= 15 is 0 Å². The summed E-state index contributed by atoms with van der Waals surface area (Å²) in [6, 6.07) is 0. The maximum atomic E-state index is 12.9. The fourth-order valence-electron chi connectivity index (χ4n) is 9.71. The first-order valence-corrected chi connectivity index (χ1v) is 40.0. The lowest BCUT2D eigenvalue weighted by molar-refractivity contribution is -0.870. The highest BCUT2D eigenvalue weighted by molar-refractivity contribution is 7.47.